The predicted molar refractivity (Wildman–Crippen MR) is 122 cm³/mol. The van der Waals surface area contributed by atoms with Crippen LogP contribution in [0.3, 0.4) is 0 Å². The third-order valence-electron chi connectivity index (χ3n) is 5.13. The number of carbonyl (C=O) groups is 1. The van der Waals surface area contributed by atoms with Crippen molar-refractivity contribution in [1.29, 1.82) is 0 Å². The fourth-order valence-electron chi connectivity index (χ4n) is 3.38. The van der Waals surface area contributed by atoms with E-state index in [4.69, 9.17) is 0 Å². The number of Topliss-reactive ketones (excluding diaryl/α,β-unsaturated/α-hetero) is 1. The van der Waals surface area contributed by atoms with Crippen LogP contribution < -0.4 is 5.56 Å². The summed E-state index contributed by atoms with van der Waals surface area (Å²) in [6.07, 6.45) is 1.48. The standard InChI is InChI=1S/C23H19BrN2O2S/c1-13-4-5-17(10-14(13)2)19(27)11-26-12-25-22-21(23(26)28)20(15(3)29-22)16-6-8-18(24)9-7-16/h4-10,12H,11H2,1-3H3. The third-order valence-corrected chi connectivity index (χ3v) is 6.67. The van der Waals surface area contributed by atoms with Gasteiger partial charge in [0.05, 0.1) is 18.3 Å². The number of rotatable bonds is 4. The number of ketones is 1. The molecule has 4 rings (SSSR count). The number of carbonyl (C=O) groups excluding carboxylic acids is 1. The summed E-state index contributed by atoms with van der Waals surface area (Å²) >= 11 is 4.95. The Morgan fingerprint density at radius 3 is 2.48 bits per heavy atom. The molecule has 2 aromatic carbocycles. The van der Waals surface area contributed by atoms with E-state index in [2.05, 4.69) is 20.9 Å². The monoisotopic (exact) mass is 466 g/mol. The third kappa shape index (κ3) is 3.70. The van der Waals surface area contributed by atoms with Gasteiger partial charge in [-0.2, -0.15) is 0 Å². The summed E-state index contributed by atoms with van der Waals surface area (Å²) in [6, 6.07) is 13.5. The smallest absolute Gasteiger partial charge is 0.263 e. The van der Waals surface area contributed by atoms with E-state index in [1.807, 2.05) is 63.2 Å². The maximum absolute atomic E-state index is 13.3. The van der Waals surface area contributed by atoms with Crippen LogP contribution in [0.4, 0.5) is 0 Å². The number of halogens is 1. The minimum absolute atomic E-state index is 0.0288. The highest BCUT2D eigenvalue weighted by Crippen LogP contribution is 2.35. The highest BCUT2D eigenvalue weighted by Gasteiger charge is 2.18. The fourth-order valence-corrected chi connectivity index (χ4v) is 4.64. The van der Waals surface area contributed by atoms with Gasteiger partial charge in [-0.25, -0.2) is 4.98 Å². The minimum Gasteiger partial charge on any atom is -0.292 e. The zero-order valence-electron chi connectivity index (χ0n) is 16.3. The van der Waals surface area contributed by atoms with Gasteiger partial charge < -0.3 is 0 Å². The molecule has 2 aromatic heterocycles. The number of thiophene rings is 1. The lowest BCUT2D eigenvalue weighted by atomic mass is 10.0. The first-order chi connectivity index (χ1) is 13.8. The maximum Gasteiger partial charge on any atom is 0.263 e. The normalized spacial score (nSPS) is 11.2. The molecule has 0 N–H and O–H groups in total. The first-order valence-electron chi connectivity index (χ1n) is 9.20. The van der Waals surface area contributed by atoms with Gasteiger partial charge in [0.25, 0.3) is 5.56 Å². The summed E-state index contributed by atoms with van der Waals surface area (Å²) in [5.74, 6) is -0.103. The van der Waals surface area contributed by atoms with Crippen LogP contribution in [0.15, 0.2) is 58.1 Å². The lowest BCUT2D eigenvalue weighted by Gasteiger charge is -2.08. The lowest BCUT2D eigenvalue weighted by Crippen LogP contribution is -2.24. The Hall–Kier alpha value is -2.57. The maximum atomic E-state index is 13.3. The number of aromatic nitrogens is 2. The van der Waals surface area contributed by atoms with Gasteiger partial charge in [-0.05, 0) is 55.7 Å². The summed E-state index contributed by atoms with van der Waals surface area (Å²) in [4.78, 5) is 32.2. The lowest BCUT2D eigenvalue weighted by molar-refractivity contribution is 0.0970. The van der Waals surface area contributed by atoms with Crippen LogP contribution in [0, 0.1) is 20.8 Å². The number of aryl methyl sites for hydroxylation is 3. The second kappa shape index (κ2) is 7.69. The second-order valence-electron chi connectivity index (χ2n) is 7.12. The van der Waals surface area contributed by atoms with Crippen molar-refractivity contribution in [2.24, 2.45) is 0 Å². The van der Waals surface area contributed by atoms with Gasteiger partial charge in [0, 0.05) is 20.5 Å². The number of nitrogens with zero attached hydrogens (tertiary/aromatic N) is 2. The highest BCUT2D eigenvalue weighted by atomic mass is 79.9. The predicted octanol–water partition coefficient (Wildman–Crippen LogP) is 5.70. The molecule has 0 atom stereocenters. The van der Waals surface area contributed by atoms with Crippen LogP contribution in [-0.2, 0) is 6.54 Å². The summed E-state index contributed by atoms with van der Waals surface area (Å²) in [5, 5.41) is 0.574. The molecule has 6 heteroatoms. The van der Waals surface area contributed by atoms with E-state index in [0.717, 1.165) is 31.6 Å². The molecule has 0 unspecified atom stereocenters. The second-order valence-corrected chi connectivity index (χ2v) is 9.24. The van der Waals surface area contributed by atoms with Gasteiger partial charge in [0.1, 0.15) is 4.83 Å². The van der Waals surface area contributed by atoms with Gasteiger partial charge in [-0.3, -0.25) is 14.2 Å². The molecule has 29 heavy (non-hydrogen) atoms. The van der Waals surface area contributed by atoms with Gasteiger partial charge in [0.15, 0.2) is 5.78 Å². The van der Waals surface area contributed by atoms with E-state index >= 15 is 0 Å². The van der Waals surface area contributed by atoms with Crippen molar-refractivity contribution in [1.82, 2.24) is 9.55 Å². The molecule has 0 amide bonds. The Kier molecular flexibility index (Phi) is 5.23. The molecule has 4 aromatic rings. The van der Waals surface area contributed by atoms with Gasteiger partial charge >= 0.3 is 0 Å². The Balaban J connectivity index is 1.78. The largest absolute Gasteiger partial charge is 0.292 e. The topological polar surface area (TPSA) is 52.0 Å². The Morgan fingerprint density at radius 2 is 1.79 bits per heavy atom. The summed E-state index contributed by atoms with van der Waals surface area (Å²) in [5.41, 5.74) is 4.47. The zero-order chi connectivity index (χ0) is 20.7. The van der Waals surface area contributed by atoms with Crippen LogP contribution in [0.2, 0.25) is 0 Å². The summed E-state index contributed by atoms with van der Waals surface area (Å²) in [6.45, 7) is 5.95. The average Bonchev–Trinajstić information content (AvgIpc) is 3.03. The van der Waals surface area contributed by atoms with Crippen LogP contribution in [0.5, 0.6) is 0 Å². The molecule has 0 saturated heterocycles. The van der Waals surface area contributed by atoms with E-state index in [1.165, 1.54) is 22.2 Å². The van der Waals surface area contributed by atoms with Crippen molar-refractivity contribution in [2.75, 3.05) is 0 Å². The molecule has 0 aliphatic heterocycles. The highest BCUT2D eigenvalue weighted by molar-refractivity contribution is 9.10. The van der Waals surface area contributed by atoms with Crippen molar-refractivity contribution in [2.45, 2.75) is 27.3 Å². The molecule has 0 saturated carbocycles. The molecule has 2 heterocycles. The molecule has 0 aliphatic rings. The molecular formula is C23H19BrN2O2S. The molecule has 0 aliphatic carbocycles. The Morgan fingerprint density at radius 1 is 1.07 bits per heavy atom. The van der Waals surface area contributed by atoms with Crippen molar-refractivity contribution in [3.05, 3.63) is 85.2 Å². The number of hydrogen-bond donors (Lipinski definition) is 0. The quantitative estimate of drug-likeness (QED) is 0.362. The molecule has 0 fully saturated rings. The van der Waals surface area contributed by atoms with Crippen molar-refractivity contribution in [3.8, 4) is 11.1 Å². The number of benzene rings is 2. The first-order valence-corrected chi connectivity index (χ1v) is 10.8. The number of fused-ring (bicyclic) bond motifs is 1. The Labute approximate surface area is 181 Å². The van der Waals surface area contributed by atoms with Crippen LogP contribution in [0.1, 0.15) is 26.4 Å². The molecule has 4 nitrogen and oxygen atoms in total. The SMILES string of the molecule is Cc1ccc(C(=O)Cn2cnc3sc(C)c(-c4ccc(Br)cc4)c3c2=O)cc1C. The molecule has 146 valence electrons. The van der Waals surface area contributed by atoms with E-state index in [0.29, 0.717) is 15.8 Å². The van der Waals surface area contributed by atoms with Crippen LogP contribution in [0.25, 0.3) is 21.3 Å². The molecule has 0 bridgehead atoms. The van der Waals surface area contributed by atoms with E-state index < -0.39 is 0 Å². The van der Waals surface area contributed by atoms with Crippen molar-refractivity contribution < 1.29 is 4.79 Å². The minimum atomic E-state index is -0.186. The summed E-state index contributed by atoms with van der Waals surface area (Å²) < 4.78 is 2.39. The van der Waals surface area contributed by atoms with Crippen molar-refractivity contribution in [3.63, 3.8) is 0 Å². The van der Waals surface area contributed by atoms with Crippen LogP contribution in [-0.4, -0.2) is 15.3 Å². The van der Waals surface area contributed by atoms with E-state index in [-0.39, 0.29) is 17.9 Å². The van der Waals surface area contributed by atoms with Crippen LogP contribution >= 0.6 is 27.3 Å². The van der Waals surface area contributed by atoms with Gasteiger partial charge in [0.2, 0.25) is 0 Å². The fraction of sp³-hybridized carbons (Fsp3) is 0.174. The van der Waals surface area contributed by atoms with E-state index in [9.17, 15) is 9.59 Å². The molecular weight excluding hydrogens is 448 g/mol. The van der Waals surface area contributed by atoms with E-state index in [1.54, 1.807) is 0 Å². The van der Waals surface area contributed by atoms with Crippen molar-refractivity contribution >= 4 is 43.3 Å². The van der Waals surface area contributed by atoms with Gasteiger partial charge in [-0.15, -0.1) is 11.3 Å². The summed E-state index contributed by atoms with van der Waals surface area (Å²) in [7, 11) is 0. The zero-order valence-corrected chi connectivity index (χ0v) is 18.7. The molecule has 0 radical (unpaired) electrons. The average molecular weight is 467 g/mol. The molecule has 0 spiro atoms. The first kappa shape index (κ1) is 19.7. The number of hydrogen-bond acceptors (Lipinski definition) is 4. The Bertz CT molecular complexity index is 1300. The van der Waals surface area contributed by atoms with Gasteiger partial charge in [-0.1, -0.05) is 40.2 Å².